The Morgan fingerprint density at radius 3 is 2.34 bits per heavy atom. The summed E-state index contributed by atoms with van der Waals surface area (Å²) in [6.45, 7) is 2.39. The lowest BCUT2D eigenvalue weighted by Gasteiger charge is -2.17. The van der Waals surface area contributed by atoms with Gasteiger partial charge in [-0.15, -0.1) is 0 Å². The van der Waals surface area contributed by atoms with Crippen LogP contribution in [-0.4, -0.2) is 49.2 Å². The first kappa shape index (κ1) is 21.8. The van der Waals surface area contributed by atoms with E-state index in [-0.39, 0.29) is 24.3 Å². The number of carbonyl (C=O) groups excluding carboxylic acids is 3. The summed E-state index contributed by atoms with van der Waals surface area (Å²) in [7, 11) is -4.44. The second kappa shape index (κ2) is 8.24. The highest BCUT2D eigenvalue weighted by molar-refractivity contribution is 7.85. The number of carbonyl (C=O) groups is 3. The molecule has 0 spiro atoms. The van der Waals surface area contributed by atoms with Crippen molar-refractivity contribution in [3.8, 4) is 11.1 Å². The molecule has 0 aromatic heterocycles. The van der Waals surface area contributed by atoms with E-state index in [1.54, 1.807) is 6.07 Å². The van der Waals surface area contributed by atoms with Crippen LogP contribution in [0.5, 0.6) is 0 Å². The molecule has 2 amide bonds. The van der Waals surface area contributed by atoms with Gasteiger partial charge >= 0.3 is 6.16 Å². The zero-order valence-electron chi connectivity index (χ0n) is 17.0. The molecule has 1 aliphatic carbocycles. The van der Waals surface area contributed by atoms with Crippen LogP contribution in [0.25, 0.3) is 11.1 Å². The molecule has 11 heteroatoms. The Morgan fingerprint density at radius 1 is 1.09 bits per heavy atom. The van der Waals surface area contributed by atoms with E-state index >= 15 is 0 Å². The molecule has 2 aliphatic rings. The molecule has 1 atom stereocenters. The van der Waals surface area contributed by atoms with Crippen molar-refractivity contribution in [2.45, 2.75) is 30.6 Å². The van der Waals surface area contributed by atoms with Crippen LogP contribution in [0.15, 0.2) is 41.3 Å². The lowest BCUT2D eigenvalue weighted by atomic mass is 9.97. The maximum atomic E-state index is 12.1. The van der Waals surface area contributed by atoms with Gasteiger partial charge in [0.25, 0.3) is 21.9 Å². The quantitative estimate of drug-likeness (QED) is 0.378. The molecule has 2 N–H and O–H groups in total. The number of hydrogen-bond acceptors (Lipinski definition) is 8. The van der Waals surface area contributed by atoms with E-state index in [9.17, 15) is 27.4 Å². The summed E-state index contributed by atoms with van der Waals surface area (Å²) < 4.78 is 37.9. The van der Waals surface area contributed by atoms with Crippen LogP contribution < -0.4 is 5.32 Å². The van der Waals surface area contributed by atoms with E-state index in [2.05, 4.69) is 5.32 Å². The van der Waals surface area contributed by atoms with Crippen molar-refractivity contribution in [1.82, 2.24) is 5.06 Å². The van der Waals surface area contributed by atoms with Crippen molar-refractivity contribution in [3.63, 3.8) is 0 Å². The second-order valence-corrected chi connectivity index (χ2v) is 8.76. The average molecular weight is 460 g/mol. The fourth-order valence-electron chi connectivity index (χ4n) is 3.90. The van der Waals surface area contributed by atoms with E-state index in [1.165, 1.54) is 12.1 Å². The van der Waals surface area contributed by atoms with Crippen LogP contribution in [0.4, 0.5) is 10.5 Å². The van der Waals surface area contributed by atoms with E-state index in [0.717, 1.165) is 22.4 Å². The van der Waals surface area contributed by atoms with Crippen LogP contribution in [-0.2, 0) is 29.3 Å². The third-order valence-electron chi connectivity index (χ3n) is 5.33. The SMILES string of the molecule is CCNc1ccc2c(c1)C(COC(=O)ON1C(=O)CCC1=O)c1cc(S(=O)(=O)O)ccc1-2. The highest BCUT2D eigenvalue weighted by Gasteiger charge is 2.35. The normalized spacial score (nSPS) is 17.2. The number of nitrogens with one attached hydrogen (secondary N) is 1. The molecule has 1 saturated heterocycles. The number of hydrogen-bond donors (Lipinski definition) is 2. The minimum Gasteiger partial charge on any atom is -0.432 e. The standard InChI is InChI=1S/C21H20N2O8S/c1-2-22-12-3-5-14-15-6-4-13(32(27,28)29)10-17(15)18(16(14)9-12)11-30-21(26)31-23-19(24)7-8-20(23)25/h3-6,9-10,18,22H,2,7-8,11H2,1H3,(H,27,28,29). The fraction of sp³-hybridized carbons (Fsp3) is 0.286. The Morgan fingerprint density at radius 2 is 1.72 bits per heavy atom. The zero-order valence-corrected chi connectivity index (χ0v) is 17.8. The maximum absolute atomic E-state index is 12.1. The average Bonchev–Trinajstić information content (AvgIpc) is 3.22. The molecule has 1 unspecified atom stereocenters. The molecule has 2 aromatic rings. The number of rotatable bonds is 6. The van der Waals surface area contributed by atoms with Gasteiger partial charge in [-0.2, -0.15) is 8.42 Å². The molecule has 2 aromatic carbocycles. The molecule has 0 bridgehead atoms. The number of nitrogens with zero attached hydrogens (tertiary/aromatic N) is 1. The van der Waals surface area contributed by atoms with Gasteiger partial charge in [0.05, 0.1) is 4.90 Å². The molecule has 1 fully saturated rings. The first-order valence-corrected chi connectivity index (χ1v) is 11.3. The number of fused-ring (bicyclic) bond motifs is 3. The Labute approximate surface area is 183 Å². The van der Waals surface area contributed by atoms with Crippen molar-refractivity contribution in [2.24, 2.45) is 0 Å². The Hall–Kier alpha value is -3.44. The lowest BCUT2D eigenvalue weighted by Crippen LogP contribution is -2.32. The molecule has 1 heterocycles. The summed E-state index contributed by atoms with van der Waals surface area (Å²) in [5.41, 5.74) is 3.73. The predicted octanol–water partition coefficient (Wildman–Crippen LogP) is 2.69. The maximum Gasteiger partial charge on any atom is 0.533 e. The minimum atomic E-state index is -4.44. The minimum absolute atomic E-state index is 0.0406. The molecule has 0 radical (unpaired) electrons. The van der Waals surface area contributed by atoms with Crippen molar-refractivity contribution >= 4 is 33.8 Å². The molecule has 0 saturated carbocycles. The Balaban J connectivity index is 1.63. The molecular weight excluding hydrogens is 440 g/mol. The number of imide groups is 1. The van der Waals surface area contributed by atoms with Crippen LogP contribution in [0.2, 0.25) is 0 Å². The third-order valence-corrected chi connectivity index (χ3v) is 6.18. The summed E-state index contributed by atoms with van der Waals surface area (Å²) in [6, 6.07) is 9.86. The van der Waals surface area contributed by atoms with E-state index in [0.29, 0.717) is 17.2 Å². The van der Waals surface area contributed by atoms with Gasteiger partial charge in [0.15, 0.2) is 0 Å². The van der Waals surface area contributed by atoms with E-state index in [1.807, 2.05) is 25.1 Å². The van der Waals surface area contributed by atoms with Crippen LogP contribution in [0, 0.1) is 0 Å². The first-order chi connectivity index (χ1) is 15.2. The van der Waals surface area contributed by atoms with Crippen molar-refractivity contribution in [3.05, 3.63) is 47.5 Å². The first-order valence-electron chi connectivity index (χ1n) is 9.89. The highest BCUT2D eigenvalue weighted by Crippen LogP contribution is 2.46. The number of amides is 2. The van der Waals surface area contributed by atoms with Gasteiger partial charge in [-0.1, -0.05) is 17.2 Å². The van der Waals surface area contributed by atoms with Gasteiger partial charge in [0.2, 0.25) is 0 Å². The van der Waals surface area contributed by atoms with Crippen LogP contribution in [0.1, 0.15) is 36.8 Å². The molecule has 32 heavy (non-hydrogen) atoms. The Kier molecular flexibility index (Phi) is 5.61. The van der Waals surface area contributed by atoms with Crippen molar-refractivity contribution in [2.75, 3.05) is 18.5 Å². The molecule has 168 valence electrons. The summed E-state index contributed by atoms with van der Waals surface area (Å²) in [5, 5.41) is 3.58. The topological polar surface area (TPSA) is 139 Å². The van der Waals surface area contributed by atoms with Gasteiger partial charge in [-0.3, -0.25) is 19.0 Å². The zero-order chi connectivity index (χ0) is 23.0. The molecular formula is C21H20N2O8S. The number of anilines is 1. The number of benzene rings is 2. The van der Waals surface area contributed by atoms with Crippen molar-refractivity contribution < 1.29 is 36.9 Å². The monoisotopic (exact) mass is 460 g/mol. The summed E-state index contributed by atoms with van der Waals surface area (Å²) in [4.78, 5) is 39.8. The van der Waals surface area contributed by atoms with Crippen LogP contribution in [0.3, 0.4) is 0 Å². The van der Waals surface area contributed by atoms with Crippen LogP contribution >= 0.6 is 0 Å². The molecule has 4 rings (SSSR count). The smallest absolute Gasteiger partial charge is 0.432 e. The summed E-state index contributed by atoms with van der Waals surface area (Å²) in [6.07, 6.45) is -1.31. The van der Waals surface area contributed by atoms with Gasteiger partial charge < -0.3 is 10.1 Å². The molecule has 1 aliphatic heterocycles. The lowest BCUT2D eigenvalue weighted by molar-refractivity contribution is -0.177. The van der Waals surface area contributed by atoms with Crippen molar-refractivity contribution in [1.29, 1.82) is 0 Å². The highest BCUT2D eigenvalue weighted by atomic mass is 32.2. The van der Waals surface area contributed by atoms with Gasteiger partial charge in [-0.05, 0) is 53.4 Å². The summed E-state index contributed by atoms with van der Waals surface area (Å²) in [5.74, 6) is -1.81. The fourth-order valence-corrected chi connectivity index (χ4v) is 4.42. The van der Waals surface area contributed by atoms with E-state index < -0.39 is 34.0 Å². The summed E-state index contributed by atoms with van der Waals surface area (Å²) >= 11 is 0. The van der Waals surface area contributed by atoms with E-state index in [4.69, 9.17) is 9.57 Å². The van der Waals surface area contributed by atoms with Gasteiger partial charge in [-0.25, -0.2) is 4.79 Å². The van der Waals surface area contributed by atoms with Gasteiger partial charge in [0.1, 0.15) is 6.61 Å². The second-order valence-electron chi connectivity index (χ2n) is 7.34. The number of ether oxygens (including phenoxy) is 1. The van der Waals surface area contributed by atoms with Gasteiger partial charge in [0, 0.05) is 31.0 Å². The largest absolute Gasteiger partial charge is 0.533 e. The third kappa shape index (κ3) is 4.04. The predicted molar refractivity (Wildman–Crippen MR) is 111 cm³/mol. The molecule has 10 nitrogen and oxygen atoms in total. The Bertz CT molecular complexity index is 1210. The number of hydroxylamine groups is 2.